The van der Waals surface area contributed by atoms with Gasteiger partial charge in [-0.25, -0.2) is 13.9 Å². The molecule has 0 aliphatic heterocycles. The first-order valence-corrected chi connectivity index (χ1v) is 9.13. The van der Waals surface area contributed by atoms with Gasteiger partial charge in [0.15, 0.2) is 6.61 Å². The molecule has 0 fully saturated rings. The van der Waals surface area contributed by atoms with Crippen LogP contribution in [-0.2, 0) is 14.9 Å². The summed E-state index contributed by atoms with van der Waals surface area (Å²) in [7, 11) is 0. The molecule has 7 heteroatoms. The molecule has 0 saturated carbocycles. The van der Waals surface area contributed by atoms with Gasteiger partial charge in [0.05, 0.1) is 16.9 Å². The van der Waals surface area contributed by atoms with Crippen molar-refractivity contribution in [3.05, 3.63) is 77.7 Å². The second-order valence-corrected chi connectivity index (χ2v) is 7.52. The van der Waals surface area contributed by atoms with E-state index in [1.807, 2.05) is 51.1 Å². The smallest absolute Gasteiger partial charge is 0.341 e. The van der Waals surface area contributed by atoms with E-state index < -0.39 is 24.3 Å². The fourth-order valence-corrected chi connectivity index (χ4v) is 2.62. The zero-order valence-corrected chi connectivity index (χ0v) is 16.5. The molecule has 2 aromatic carbocycles. The molecule has 0 radical (unpaired) electrons. The Morgan fingerprint density at radius 3 is 2.38 bits per heavy atom. The monoisotopic (exact) mass is 395 g/mol. The Bertz CT molecular complexity index is 1020. The van der Waals surface area contributed by atoms with Crippen molar-refractivity contribution in [1.29, 1.82) is 0 Å². The molecule has 0 unspecified atom stereocenters. The van der Waals surface area contributed by atoms with Crippen molar-refractivity contribution < 1.29 is 18.7 Å². The van der Waals surface area contributed by atoms with Gasteiger partial charge in [0.2, 0.25) is 0 Å². The minimum absolute atomic E-state index is 0.218. The Morgan fingerprint density at radius 2 is 1.72 bits per heavy atom. The van der Waals surface area contributed by atoms with Crippen molar-refractivity contribution >= 4 is 17.7 Å². The van der Waals surface area contributed by atoms with Crippen LogP contribution in [-0.4, -0.2) is 28.3 Å². The number of carbonyl (C=O) groups excluding carboxylic acids is 2. The molecule has 3 rings (SSSR count). The first kappa shape index (κ1) is 20.3. The predicted molar refractivity (Wildman–Crippen MR) is 108 cm³/mol. The number of para-hydroxylation sites is 1. The number of carbonyl (C=O) groups is 2. The van der Waals surface area contributed by atoms with E-state index in [-0.39, 0.29) is 11.0 Å². The van der Waals surface area contributed by atoms with E-state index in [2.05, 4.69) is 10.4 Å². The van der Waals surface area contributed by atoms with E-state index in [1.54, 1.807) is 10.7 Å². The molecule has 1 N–H and O–H groups in total. The number of halogens is 1. The van der Waals surface area contributed by atoms with Gasteiger partial charge in [0.1, 0.15) is 11.6 Å². The van der Waals surface area contributed by atoms with Gasteiger partial charge in [-0.2, -0.15) is 5.10 Å². The number of benzene rings is 2. The number of ether oxygens (including phenoxy) is 1. The molecule has 0 bridgehead atoms. The van der Waals surface area contributed by atoms with Gasteiger partial charge in [0, 0.05) is 11.5 Å². The average Bonchev–Trinajstić information content (AvgIpc) is 3.11. The van der Waals surface area contributed by atoms with Crippen molar-refractivity contribution in [2.24, 2.45) is 0 Å². The van der Waals surface area contributed by atoms with Crippen LogP contribution in [0.15, 0.2) is 60.7 Å². The lowest BCUT2D eigenvalue weighted by Crippen LogP contribution is -2.22. The number of hydrogen-bond donors (Lipinski definition) is 1. The standard InChI is InChI=1S/C22H22FN3O3/c1-22(2,3)18-13-19(26(25-18)15-9-5-4-6-10-15)24-20(27)14-29-21(28)16-11-7-8-12-17(16)23/h4-13H,14H2,1-3H3,(H,24,27). The molecular formula is C22H22FN3O3. The molecule has 0 aliphatic carbocycles. The summed E-state index contributed by atoms with van der Waals surface area (Å²) in [5.41, 5.74) is 1.13. The van der Waals surface area contributed by atoms with Crippen LogP contribution in [0, 0.1) is 5.82 Å². The lowest BCUT2D eigenvalue weighted by Gasteiger charge is -2.14. The minimum atomic E-state index is -0.898. The summed E-state index contributed by atoms with van der Waals surface area (Å²) in [5, 5.41) is 7.32. The third kappa shape index (κ3) is 4.87. The van der Waals surface area contributed by atoms with Crippen LogP contribution < -0.4 is 5.32 Å². The first-order chi connectivity index (χ1) is 13.8. The maximum absolute atomic E-state index is 13.7. The molecular weight excluding hydrogens is 373 g/mol. The number of aromatic nitrogens is 2. The van der Waals surface area contributed by atoms with Gasteiger partial charge in [-0.15, -0.1) is 0 Å². The van der Waals surface area contributed by atoms with Crippen LogP contribution in [0.3, 0.4) is 0 Å². The fraction of sp³-hybridized carbons (Fsp3) is 0.227. The van der Waals surface area contributed by atoms with Gasteiger partial charge in [0.25, 0.3) is 5.91 Å². The maximum Gasteiger partial charge on any atom is 0.341 e. The second kappa shape index (κ2) is 8.26. The molecule has 1 aromatic heterocycles. The number of nitrogens with one attached hydrogen (secondary N) is 1. The van der Waals surface area contributed by atoms with E-state index in [1.165, 1.54) is 18.2 Å². The van der Waals surface area contributed by atoms with Crippen molar-refractivity contribution in [2.75, 3.05) is 11.9 Å². The fourth-order valence-electron chi connectivity index (χ4n) is 2.62. The molecule has 150 valence electrons. The molecule has 0 aliphatic rings. The van der Waals surface area contributed by atoms with Crippen molar-refractivity contribution in [3.63, 3.8) is 0 Å². The molecule has 6 nitrogen and oxygen atoms in total. The Balaban J connectivity index is 1.75. The molecule has 1 amide bonds. The van der Waals surface area contributed by atoms with Gasteiger partial charge in [-0.1, -0.05) is 51.1 Å². The highest BCUT2D eigenvalue weighted by molar-refractivity contribution is 5.95. The number of anilines is 1. The molecule has 0 saturated heterocycles. The van der Waals surface area contributed by atoms with Crippen molar-refractivity contribution in [2.45, 2.75) is 26.2 Å². The summed E-state index contributed by atoms with van der Waals surface area (Å²) in [6.07, 6.45) is 0. The lowest BCUT2D eigenvalue weighted by atomic mass is 9.92. The highest BCUT2D eigenvalue weighted by atomic mass is 19.1. The van der Waals surface area contributed by atoms with Crippen molar-refractivity contribution in [1.82, 2.24) is 9.78 Å². The number of esters is 1. The Labute approximate surface area is 168 Å². The zero-order chi connectivity index (χ0) is 21.0. The van der Waals surface area contributed by atoms with E-state index in [0.717, 1.165) is 17.4 Å². The Hall–Kier alpha value is -3.48. The molecule has 0 spiro atoms. The summed E-state index contributed by atoms with van der Waals surface area (Å²) in [4.78, 5) is 24.3. The zero-order valence-electron chi connectivity index (χ0n) is 16.5. The van der Waals surface area contributed by atoms with Gasteiger partial charge >= 0.3 is 5.97 Å². The molecule has 0 atom stereocenters. The van der Waals surface area contributed by atoms with Crippen LogP contribution in [0.5, 0.6) is 0 Å². The second-order valence-electron chi connectivity index (χ2n) is 7.52. The summed E-state index contributed by atoms with van der Waals surface area (Å²) in [6.45, 7) is 5.52. The highest BCUT2D eigenvalue weighted by Gasteiger charge is 2.22. The van der Waals surface area contributed by atoms with Gasteiger partial charge < -0.3 is 10.1 Å². The lowest BCUT2D eigenvalue weighted by molar-refractivity contribution is -0.119. The van der Waals surface area contributed by atoms with E-state index >= 15 is 0 Å². The van der Waals surface area contributed by atoms with Crippen LogP contribution in [0.4, 0.5) is 10.2 Å². The normalized spacial score (nSPS) is 11.2. The predicted octanol–water partition coefficient (Wildman–Crippen LogP) is 4.10. The van der Waals surface area contributed by atoms with E-state index in [9.17, 15) is 14.0 Å². The van der Waals surface area contributed by atoms with Crippen LogP contribution in [0.1, 0.15) is 36.8 Å². The number of amides is 1. The quantitative estimate of drug-likeness (QED) is 0.660. The number of nitrogens with zero attached hydrogens (tertiary/aromatic N) is 2. The van der Waals surface area contributed by atoms with Crippen LogP contribution >= 0.6 is 0 Å². The number of rotatable bonds is 5. The summed E-state index contributed by atoms with van der Waals surface area (Å²) in [6, 6.07) is 16.6. The molecule has 1 heterocycles. The number of hydrogen-bond acceptors (Lipinski definition) is 4. The summed E-state index contributed by atoms with van der Waals surface area (Å²) in [5.74, 6) is -1.69. The SMILES string of the molecule is CC(C)(C)c1cc(NC(=O)COC(=O)c2ccccc2F)n(-c2ccccc2)n1. The largest absolute Gasteiger partial charge is 0.452 e. The van der Waals surface area contributed by atoms with Crippen LogP contribution in [0.2, 0.25) is 0 Å². The third-order valence-electron chi connectivity index (χ3n) is 4.17. The van der Waals surface area contributed by atoms with Crippen LogP contribution in [0.25, 0.3) is 5.69 Å². The summed E-state index contributed by atoms with van der Waals surface area (Å²) < 4.78 is 20.2. The maximum atomic E-state index is 13.7. The average molecular weight is 395 g/mol. The minimum Gasteiger partial charge on any atom is -0.452 e. The van der Waals surface area contributed by atoms with Crippen molar-refractivity contribution in [3.8, 4) is 5.69 Å². The Morgan fingerprint density at radius 1 is 1.07 bits per heavy atom. The summed E-state index contributed by atoms with van der Waals surface area (Å²) >= 11 is 0. The molecule has 3 aromatic rings. The topological polar surface area (TPSA) is 73.2 Å². The molecule has 29 heavy (non-hydrogen) atoms. The van der Waals surface area contributed by atoms with E-state index in [4.69, 9.17) is 4.74 Å². The highest BCUT2D eigenvalue weighted by Crippen LogP contribution is 2.26. The Kier molecular flexibility index (Phi) is 5.77. The van der Waals surface area contributed by atoms with Gasteiger partial charge in [-0.3, -0.25) is 4.79 Å². The third-order valence-corrected chi connectivity index (χ3v) is 4.17. The van der Waals surface area contributed by atoms with E-state index in [0.29, 0.717) is 5.82 Å². The van der Waals surface area contributed by atoms with Gasteiger partial charge in [-0.05, 0) is 24.3 Å². The first-order valence-electron chi connectivity index (χ1n) is 9.13.